The predicted octanol–water partition coefficient (Wildman–Crippen LogP) is 1.40. The van der Waals surface area contributed by atoms with Gasteiger partial charge in [-0.15, -0.1) is 0 Å². The molecule has 12 nitrogen and oxygen atoms in total. The summed E-state index contributed by atoms with van der Waals surface area (Å²) in [4.78, 5) is 57.9. The van der Waals surface area contributed by atoms with Gasteiger partial charge in [0.2, 0.25) is 0 Å². The van der Waals surface area contributed by atoms with Crippen molar-refractivity contribution in [2.24, 2.45) is 11.8 Å². The summed E-state index contributed by atoms with van der Waals surface area (Å²) in [6.07, 6.45) is 0. The molecule has 0 atom stereocenters. The molecule has 0 fully saturated rings. The number of hydrogen-bond acceptors (Lipinski definition) is 7. The highest BCUT2D eigenvalue weighted by atomic mass is 16.6. The van der Waals surface area contributed by atoms with Gasteiger partial charge in [0.25, 0.3) is 5.69 Å². The van der Waals surface area contributed by atoms with Gasteiger partial charge < -0.3 is 25.7 Å². The van der Waals surface area contributed by atoms with Crippen LogP contribution in [0.3, 0.4) is 0 Å². The molecule has 12 heteroatoms. The minimum atomic E-state index is -2.22. The molecule has 1 aliphatic heterocycles. The van der Waals surface area contributed by atoms with Gasteiger partial charge in [0.15, 0.2) is 11.8 Å². The molecule has 1 aliphatic rings. The second kappa shape index (κ2) is 8.65. The quantitative estimate of drug-likeness (QED) is 0.224. The Kier molecular flexibility index (Phi) is 6.44. The molecule has 0 unspecified atom stereocenters. The lowest BCUT2D eigenvalue weighted by Gasteiger charge is -2.35. The third-order valence-electron chi connectivity index (χ3n) is 4.92. The average Bonchev–Trinajstić information content (AvgIpc) is 2.64. The molecule has 0 saturated carbocycles. The van der Waals surface area contributed by atoms with Gasteiger partial charge in [-0.05, 0) is 25.0 Å². The molecule has 0 bridgehead atoms. The number of allylic oxidation sites excluding steroid dienone is 2. The zero-order chi connectivity index (χ0) is 23.6. The number of carbonyl (C=O) groups is 4. The van der Waals surface area contributed by atoms with E-state index < -0.39 is 63.4 Å². The van der Waals surface area contributed by atoms with Gasteiger partial charge >= 0.3 is 23.9 Å². The Morgan fingerprint density at radius 2 is 1.26 bits per heavy atom. The highest BCUT2D eigenvalue weighted by molar-refractivity contribution is 5.99. The first-order chi connectivity index (χ1) is 14.4. The van der Waals surface area contributed by atoms with Gasteiger partial charge in [-0.1, -0.05) is 18.2 Å². The van der Waals surface area contributed by atoms with E-state index in [1.165, 1.54) is 32.0 Å². The predicted molar refractivity (Wildman–Crippen MR) is 102 cm³/mol. The average molecular weight is 434 g/mol. The van der Waals surface area contributed by atoms with Gasteiger partial charge in [0, 0.05) is 28.9 Å². The standard InChI is InChI=1S/C19H18N2O10/c1-7-11(14(16(22)23)17(24)25)13(9-5-3-4-6-10(9)21(30)31)12(8(2)20-7)15(18(26)27)19(28)29/h3-6,13-15,20H,1-2H3,(H,22,23)(H,24,25)(H,26,27)(H,28,29). The fourth-order valence-corrected chi connectivity index (χ4v) is 3.77. The Labute approximate surface area is 174 Å². The van der Waals surface area contributed by atoms with Gasteiger partial charge in [0.1, 0.15) is 0 Å². The van der Waals surface area contributed by atoms with Crippen LogP contribution in [-0.4, -0.2) is 49.2 Å². The van der Waals surface area contributed by atoms with Crippen LogP contribution in [0.1, 0.15) is 25.3 Å². The number of nitro groups is 1. The molecule has 0 aromatic heterocycles. The summed E-state index contributed by atoms with van der Waals surface area (Å²) in [5.74, 6) is -13.2. The fraction of sp³-hybridized carbons (Fsp3) is 0.263. The minimum Gasteiger partial charge on any atom is -0.480 e. The number of nitrogens with zero attached hydrogens (tertiary/aromatic N) is 1. The number of nitro benzene ring substituents is 1. The van der Waals surface area contributed by atoms with Crippen LogP contribution < -0.4 is 5.32 Å². The number of benzene rings is 1. The topological polar surface area (TPSA) is 204 Å². The summed E-state index contributed by atoms with van der Waals surface area (Å²) in [5, 5.41) is 52.4. The fourth-order valence-electron chi connectivity index (χ4n) is 3.77. The molecular formula is C19H18N2O10. The molecule has 0 saturated heterocycles. The number of hydrogen-bond donors (Lipinski definition) is 5. The molecule has 31 heavy (non-hydrogen) atoms. The Balaban J connectivity index is 2.98. The number of para-hydroxylation sites is 1. The first-order valence-corrected chi connectivity index (χ1v) is 8.73. The van der Waals surface area contributed by atoms with Crippen molar-refractivity contribution in [3.8, 4) is 0 Å². The van der Waals surface area contributed by atoms with Crippen LogP contribution in [0.25, 0.3) is 0 Å². The molecule has 5 N–H and O–H groups in total. The molecule has 2 rings (SSSR count). The smallest absolute Gasteiger partial charge is 0.322 e. The van der Waals surface area contributed by atoms with E-state index >= 15 is 0 Å². The SMILES string of the molecule is CC1=C(C(C(=O)O)C(=O)O)C(c2ccccc2[N+](=O)[O-])C(C(C(=O)O)C(=O)O)=C(C)N1. The van der Waals surface area contributed by atoms with E-state index in [2.05, 4.69) is 5.32 Å². The van der Waals surface area contributed by atoms with Crippen LogP contribution in [0.15, 0.2) is 46.8 Å². The maximum absolute atomic E-state index is 11.8. The van der Waals surface area contributed by atoms with E-state index in [0.717, 1.165) is 6.07 Å². The molecule has 0 spiro atoms. The van der Waals surface area contributed by atoms with Crippen molar-refractivity contribution >= 4 is 29.6 Å². The summed E-state index contributed by atoms with van der Waals surface area (Å²) in [6.45, 7) is 2.65. The number of nitrogens with one attached hydrogen (secondary N) is 1. The van der Waals surface area contributed by atoms with E-state index in [4.69, 9.17) is 0 Å². The first-order valence-electron chi connectivity index (χ1n) is 8.73. The number of rotatable bonds is 8. The van der Waals surface area contributed by atoms with Crippen LogP contribution in [0.5, 0.6) is 0 Å². The minimum absolute atomic E-state index is 0.00808. The normalized spacial score (nSPS) is 14.6. The van der Waals surface area contributed by atoms with Crippen LogP contribution in [0.4, 0.5) is 5.69 Å². The Morgan fingerprint density at radius 3 is 1.61 bits per heavy atom. The molecule has 1 aromatic rings. The van der Waals surface area contributed by atoms with E-state index in [9.17, 15) is 49.7 Å². The van der Waals surface area contributed by atoms with E-state index in [-0.39, 0.29) is 17.0 Å². The molecule has 1 heterocycles. The summed E-state index contributed by atoms with van der Waals surface area (Å²) in [7, 11) is 0. The van der Waals surface area contributed by atoms with Crippen molar-refractivity contribution in [2.75, 3.05) is 0 Å². The van der Waals surface area contributed by atoms with Gasteiger partial charge in [-0.25, -0.2) is 0 Å². The number of carboxylic acid groups (broad SMARTS) is 4. The van der Waals surface area contributed by atoms with Crippen LogP contribution in [0.2, 0.25) is 0 Å². The third-order valence-corrected chi connectivity index (χ3v) is 4.92. The summed E-state index contributed by atoms with van der Waals surface area (Å²) < 4.78 is 0. The zero-order valence-electron chi connectivity index (χ0n) is 16.2. The lowest BCUT2D eigenvalue weighted by atomic mass is 9.71. The van der Waals surface area contributed by atoms with E-state index in [1.54, 1.807) is 0 Å². The third kappa shape index (κ3) is 4.22. The van der Waals surface area contributed by atoms with E-state index in [0.29, 0.717) is 0 Å². The van der Waals surface area contributed by atoms with Crippen molar-refractivity contribution in [2.45, 2.75) is 19.8 Å². The maximum atomic E-state index is 11.8. The van der Waals surface area contributed by atoms with Crippen molar-refractivity contribution in [1.82, 2.24) is 5.32 Å². The van der Waals surface area contributed by atoms with Crippen molar-refractivity contribution in [1.29, 1.82) is 0 Å². The Bertz CT molecular complexity index is 974. The molecule has 0 radical (unpaired) electrons. The molecule has 0 aliphatic carbocycles. The van der Waals surface area contributed by atoms with Crippen molar-refractivity contribution in [3.05, 3.63) is 62.5 Å². The molecular weight excluding hydrogens is 416 g/mol. The summed E-state index contributed by atoms with van der Waals surface area (Å²) in [5.41, 5.74) is -1.56. The molecule has 1 aromatic carbocycles. The lowest BCUT2D eigenvalue weighted by Crippen LogP contribution is -2.39. The molecule has 0 amide bonds. The number of carboxylic acids is 4. The monoisotopic (exact) mass is 434 g/mol. The largest absolute Gasteiger partial charge is 0.480 e. The Morgan fingerprint density at radius 1 is 0.871 bits per heavy atom. The van der Waals surface area contributed by atoms with E-state index in [1.807, 2.05) is 0 Å². The second-order valence-corrected chi connectivity index (χ2v) is 6.75. The van der Waals surface area contributed by atoms with Gasteiger partial charge in [-0.3, -0.25) is 29.3 Å². The first kappa shape index (κ1) is 23.1. The van der Waals surface area contributed by atoms with Crippen molar-refractivity contribution in [3.63, 3.8) is 0 Å². The number of aliphatic carboxylic acids is 4. The van der Waals surface area contributed by atoms with Crippen molar-refractivity contribution < 1.29 is 44.5 Å². The zero-order valence-corrected chi connectivity index (χ0v) is 16.2. The van der Waals surface area contributed by atoms with Gasteiger partial charge in [-0.2, -0.15) is 0 Å². The number of dihydropyridines is 1. The highest BCUT2D eigenvalue weighted by Gasteiger charge is 2.47. The second-order valence-electron chi connectivity index (χ2n) is 6.75. The molecule has 164 valence electrons. The Hall–Kier alpha value is -4.22. The summed E-state index contributed by atoms with van der Waals surface area (Å²) in [6, 6.07) is 4.95. The van der Waals surface area contributed by atoms with Crippen LogP contribution >= 0.6 is 0 Å². The van der Waals surface area contributed by atoms with Crippen LogP contribution in [-0.2, 0) is 19.2 Å². The maximum Gasteiger partial charge on any atom is 0.322 e. The van der Waals surface area contributed by atoms with Gasteiger partial charge in [0.05, 0.1) is 4.92 Å². The summed E-state index contributed by atoms with van der Waals surface area (Å²) >= 11 is 0. The van der Waals surface area contributed by atoms with Crippen LogP contribution in [0, 0.1) is 22.0 Å². The lowest BCUT2D eigenvalue weighted by molar-refractivity contribution is -0.385. The highest BCUT2D eigenvalue weighted by Crippen LogP contribution is 2.47.